The molecule has 1 saturated carbocycles. The molecule has 3 nitrogen and oxygen atoms in total. The number of anilines is 1. The van der Waals surface area contributed by atoms with Crippen LogP contribution in [0.25, 0.3) is 0 Å². The Kier molecular flexibility index (Phi) is 5.20. The Hall–Kier alpha value is -1.09. The Bertz CT molecular complexity index is 385. The van der Waals surface area contributed by atoms with Gasteiger partial charge in [0.1, 0.15) is 5.82 Å². The maximum atomic E-state index is 4.79. The van der Waals surface area contributed by atoms with Crippen molar-refractivity contribution < 1.29 is 0 Å². The number of rotatable bonds is 7. The minimum Gasteiger partial charge on any atom is -0.357 e. The van der Waals surface area contributed by atoms with Crippen LogP contribution in [-0.2, 0) is 6.54 Å². The molecule has 1 N–H and O–H groups in total. The van der Waals surface area contributed by atoms with E-state index in [0.717, 1.165) is 30.5 Å². The molecule has 0 unspecified atom stereocenters. The molecule has 19 heavy (non-hydrogen) atoms. The minimum absolute atomic E-state index is 0.503. The van der Waals surface area contributed by atoms with Crippen molar-refractivity contribution in [1.29, 1.82) is 0 Å². The van der Waals surface area contributed by atoms with Crippen LogP contribution >= 0.6 is 0 Å². The van der Waals surface area contributed by atoms with Crippen LogP contribution in [-0.4, -0.2) is 24.1 Å². The van der Waals surface area contributed by atoms with Crippen molar-refractivity contribution in [3.8, 4) is 0 Å². The van der Waals surface area contributed by atoms with E-state index in [0.29, 0.717) is 6.04 Å². The highest BCUT2D eigenvalue weighted by atomic mass is 15.2. The Morgan fingerprint density at radius 1 is 1.37 bits per heavy atom. The van der Waals surface area contributed by atoms with Crippen molar-refractivity contribution in [2.24, 2.45) is 5.92 Å². The summed E-state index contributed by atoms with van der Waals surface area (Å²) >= 11 is 0. The summed E-state index contributed by atoms with van der Waals surface area (Å²) in [6, 6.07) is 6.88. The van der Waals surface area contributed by atoms with Crippen LogP contribution in [0.15, 0.2) is 18.2 Å². The zero-order chi connectivity index (χ0) is 13.7. The molecule has 1 aromatic heterocycles. The Morgan fingerprint density at radius 3 is 2.74 bits per heavy atom. The predicted octanol–water partition coefficient (Wildman–Crippen LogP) is 3.21. The number of pyridine rings is 1. The molecule has 0 bridgehead atoms. The molecule has 3 heteroatoms. The van der Waals surface area contributed by atoms with Crippen molar-refractivity contribution in [3.05, 3.63) is 23.9 Å². The van der Waals surface area contributed by atoms with Gasteiger partial charge in [-0.1, -0.05) is 26.3 Å². The zero-order valence-corrected chi connectivity index (χ0v) is 12.5. The first kappa shape index (κ1) is 14.3. The minimum atomic E-state index is 0.503. The Morgan fingerprint density at radius 2 is 2.16 bits per heavy atom. The lowest BCUT2D eigenvalue weighted by Crippen LogP contribution is -2.33. The number of nitrogens with one attached hydrogen (secondary N) is 1. The molecule has 1 fully saturated rings. The van der Waals surface area contributed by atoms with E-state index in [1.807, 2.05) is 0 Å². The molecular formula is C16H27N3. The fourth-order valence-electron chi connectivity index (χ4n) is 2.42. The topological polar surface area (TPSA) is 28.2 Å². The van der Waals surface area contributed by atoms with Crippen LogP contribution in [0.1, 0.15) is 45.7 Å². The highest BCUT2D eigenvalue weighted by Gasteiger charge is 2.20. The summed E-state index contributed by atoms with van der Waals surface area (Å²) in [5.41, 5.74) is 1.14. The van der Waals surface area contributed by atoms with E-state index in [2.05, 4.69) is 49.2 Å². The standard InChI is InChI=1S/C16H27N3/c1-4-19(12-14-7-5-8-14)16-10-6-9-15(18-16)11-17-13(2)3/h6,9-10,13-14,17H,4-5,7-8,11-12H2,1-3H3. The lowest BCUT2D eigenvalue weighted by molar-refractivity contribution is 0.318. The van der Waals surface area contributed by atoms with E-state index < -0.39 is 0 Å². The predicted molar refractivity (Wildman–Crippen MR) is 81.4 cm³/mol. The third-order valence-corrected chi connectivity index (χ3v) is 3.89. The van der Waals surface area contributed by atoms with Gasteiger partial charge in [0.05, 0.1) is 5.69 Å². The monoisotopic (exact) mass is 261 g/mol. The molecule has 0 aliphatic heterocycles. The summed E-state index contributed by atoms with van der Waals surface area (Å²) in [7, 11) is 0. The van der Waals surface area contributed by atoms with E-state index in [-0.39, 0.29) is 0 Å². The second kappa shape index (κ2) is 6.90. The summed E-state index contributed by atoms with van der Waals surface area (Å²) in [5, 5.41) is 3.43. The van der Waals surface area contributed by atoms with Crippen LogP contribution in [0, 0.1) is 5.92 Å². The number of hydrogen-bond donors (Lipinski definition) is 1. The Labute approximate surface area is 117 Å². The van der Waals surface area contributed by atoms with Gasteiger partial charge in [0.15, 0.2) is 0 Å². The molecule has 1 aromatic rings. The van der Waals surface area contributed by atoms with Gasteiger partial charge in [-0.15, -0.1) is 0 Å². The smallest absolute Gasteiger partial charge is 0.128 e. The third kappa shape index (κ3) is 4.20. The van der Waals surface area contributed by atoms with Gasteiger partial charge in [0, 0.05) is 25.7 Å². The van der Waals surface area contributed by atoms with Gasteiger partial charge < -0.3 is 10.2 Å². The molecule has 0 amide bonds. The molecule has 2 rings (SSSR count). The molecule has 0 atom stereocenters. The van der Waals surface area contributed by atoms with Crippen molar-refractivity contribution in [3.63, 3.8) is 0 Å². The molecule has 1 aliphatic rings. The molecule has 0 radical (unpaired) electrons. The Balaban J connectivity index is 1.98. The van der Waals surface area contributed by atoms with Gasteiger partial charge >= 0.3 is 0 Å². The van der Waals surface area contributed by atoms with Gasteiger partial charge in [0.25, 0.3) is 0 Å². The molecular weight excluding hydrogens is 234 g/mol. The van der Waals surface area contributed by atoms with E-state index in [4.69, 9.17) is 4.98 Å². The van der Waals surface area contributed by atoms with Crippen molar-refractivity contribution in [2.75, 3.05) is 18.0 Å². The van der Waals surface area contributed by atoms with E-state index in [1.54, 1.807) is 0 Å². The zero-order valence-electron chi connectivity index (χ0n) is 12.5. The van der Waals surface area contributed by atoms with Gasteiger partial charge in [-0.05, 0) is 37.8 Å². The average Bonchev–Trinajstić information content (AvgIpc) is 2.36. The number of nitrogens with zero attached hydrogens (tertiary/aromatic N) is 2. The third-order valence-electron chi connectivity index (χ3n) is 3.89. The largest absolute Gasteiger partial charge is 0.357 e. The fraction of sp³-hybridized carbons (Fsp3) is 0.688. The van der Waals surface area contributed by atoms with E-state index >= 15 is 0 Å². The molecule has 106 valence electrons. The summed E-state index contributed by atoms with van der Waals surface area (Å²) in [4.78, 5) is 7.21. The first-order valence-corrected chi connectivity index (χ1v) is 7.63. The molecule has 0 saturated heterocycles. The summed E-state index contributed by atoms with van der Waals surface area (Å²) < 4.78 is 0. The van der Waals surface area contributed by atoms with Gasteiger partial charge in [-0.2, -0.15) is 0 Å². The van der Waals surface area contributed by atoms with Crippen LogP contribution in [0.5, 0.6) is 0 Å². The lowest BCUT2D eigenvalue weighted by atomic mass is 9.85. The van der Waals surface area contributed by atoms with Gasteiger partial charge in [-0.3, -0.25) is 0 Å². The lowest BCUT2D eigenvalue weighted by Gasteiger charge is -2.32. The van der Waals surface area contributed by atoms with Crippen LogP contribution < -0.4 is 10.2 Å². The average molecular weight is 261 g/mol. The molecule has 1 aliphatic carbocycles. The van der Waals surface area contributed by atoms with Gasteiger partial charge in [-0.25, -0.2) is 4.98 Å². The highest BCUT2D eigenvalue weighted by molar-refractivity contribution is 5.39. The van der Waals surface area contributed by atoms with Crippen LogP contribution in [0.4, 0.5) is 5.82 Å². The quantitative estimate of drug-likeness (QED) is 0.817. The first-order valence-electron chi connectivity index (χ1n) is 7.63. The number of aromatic nitrogens is 1. The normalized spacial score (nSPS) is 15.6. The van der Waals surface area contributed by atoms with Crippen molar-refractivity contribution >= 4 is 5.82 Å². The second-order valence-electron chi connectivity index (χ2n) is 5.86. The first-order chi connectivity index (χ1) is 9.19. The second-order valence-corrected chi connectivity index (χ2v) is 5.86. The van der Waals surface area contributed by atoms with E-state index in [9.17, 15) is 0 Å². The summed E-state index contributed by atoms with van der Waals surface area (Å²) in [6.45, 7) is 9.62. The summed E-state index contributed by atoms with van der Waals surface area (Å²) in [6.07, 6.45) is 4.20. The molecule has 0 aromatic carbocycles. The fourth-order valence-corrected chi connectivity index (χ4v) is 2.42. The van der Waals surface area contributed by atoms with Crippen molar-refractivity contribution in [2.45, 2.75) is 52.6 Å². The maximum absolute atomic E-state index is 4.79. The maximum Gasteiger partial charge on any atom is 0.128 e. The molecule has 1 heterocycles. The summed E-state index contributed by atoms with van der Waals surface area (Å²) in [5.74, 6) is 2.02. The van der Waals surface area contributed by atoms with Crippen LogP contribution in [0.3, 0.4) is 0 Å². The van der Waals surface area contributed by atoms with Gasteiger partial charge in [0.2, 0.25) is 0 Å². The van der Waals surface area contributed by atoms with Crippen LogP contribution in [0.2, 0.25) is 0 Å². The van der Waals surface area contributed by atoms with Crippen molar-refractivity contribution in [1.82, 2.24) is 10.3 Å². The highest BCUT2D eigenvalue weighted by Crippen LogP contribution is 2.28. The SMILES string of the molecule is CCN(CC1CCC1)c1cccc(CNC(C)C)n1. The molecule has 0 spiro atoms. The van der Waals surface area contributed by atoms with E-state index in [1.165, 1.54) is 25.8 Å². The number of hydrogen-bond acceptors (Lipinski definition) is 3.